The van der Waals surface area contributed by atoms with Crippen molar-refractivity contribution >= 4 is 10.9 Å². The molecule has 0 spiro atoms. The van der Waals surface area contributed by atoms with Gasteiger partial charge >= 0.3 is 0 Å². The number of ether oxygens (including phenoxy) is 1. The van der Waals surface area contributed by atoms with Gasteiger partial charge in [0.15, 0.2) is 0 Å². The fourth-order valence-electron chi connectivity index (χ4n) is 3.90. The zero-order chi connectivity index (χ0) is 19.6. The Balaban J connectivity index is 1.39. The Bertz CT molecular complexity index is 1120. The number of aromatic amines is 1. The van der Waals surface area contributed by atoms with Crippen LogP contribution in [0.4, 0.5) is 0 Å². The number of benzene rings is 2. The highest BCUT2D eigenvalue weighted by molar-refractivity contribution is 5.78. The SMILES string of the molecule is Cc1ccc(-c2cnc(C3COCCN3Cc3cnc4ccccc4c3)[nH]2)cc1. The lowest BCUT2D eigenvalue weighted by molar-refractivity contribution is -0.0156. The van der Waals surface area contributed by atoms with E-state index in [9.17, 15) is 0 Å². The van der Waals surface area contributed by atoms with E-state index in [1.807, 2.05) is 24.5 Å². The Kier molecular flexibility index (Phi) is 4.84. The number of nitrogens with one attached hydrogen (secondary N) is 1. The van der Waals surface area contributed by atoms with Gasteiger partial charge in [-0.3, -0.25) is 9.88 Å². The maximum atomic E-state index is 5.79. The van der Waals surface area contributed by atoms with Gasteiger partial charge in [-0.1, -0.05) is 48.0 Å². The van der Waals surface area contributed by atoms with Crippen LogP contribution in [0.25, 0.3) is 22.2 Å². The average molecular weight is 384 g/mol. The summed E-state index contributed by atoms with van der Waals surface area (Å²) in [5.74, 6) is 0.953. The fraction of sp³-hybridized carbons (Fsp3) is 0.250. The molecule has 1 N–H and O–H groups in total. The molecule has 1 aliphatic heterocycles. The maximum absolute atomic E-state index is 5.79. The van der Waals surface area contributed by atoms with Crippen molar-refractivity contribution in [3.8, 4) is 11.3 Å². The molecule has 1 atom stereocenters. The summed E-state index contributed by atoms with van der Waals surface area (Å²) in [7, 11) is 0. The van der Waals surface area contributed by atoms with Gasteiger partial charge in [0.05, 0.1) is 36.7 Å². The summed E-state index contributed by atoms with van der Waals surface area (Å²) in [5.41, 5.74) is 5.68. The van der Waals surface area contributed by atoms with Gasteiger partial charge < -0.3 is 9.72 Å². The number of nitrogens with zero attached hydrogens (tertiary/aromatic N) is 3. The molecule has 5 nitrogen and oxygen atoms in total. The standard InChI is InChI=1S/C24H24N4O/c1-17-6-8-19(9-7-17)22-14-26-24(27-22)23-16-29-11-10-28(23)15-18-12-20-4-2-3-5-21(20)25-13-18/h2-9,12-14,23H,10-11,15-16H2,1H3,(H,26,27). The lowest BCUT2D eigenvalue weighted by atomic mass is 10.1. The molecule has 1 unspecified atom stereocenters. The van der Waals surface area contributed by atoms with Crippen LogP contribution in [0.1, 0.15) is 23.0 Å². The van der Waals surface area contributed by atoms with E-state index in [1.54, 1.807) is 0 Å². The van der Waals surface area contributed by atoms with Gasteiger partial charge in [0.1, 0.15) is 5.82 Å². The minimum Gasteiger partial charge on any atom is -0.378 e. The summed E-state index contributed by atoms with van der Waals surface area (Å²) >= 11 is 0. The second-order valence-corrected chi connectivity index (χ2v) is 7.65. The average Bonchev–Trinajstić information content (AvgIpc) is 3.25. The van der Waals surface area contributed by atoms with E-state index >= 15 is 0 Å². The molecule has 2 aromatic heterocycles. The van der Waals surface area contributed by atoms with Gasteiger partial charge in [0.25, 0.3) is 0 Å². The van der Waals surface area contributed by atoms with Crippen molar-refractivity contribution in [3.05, 3.63) is 83.9 Å². The molecular weight excluding hydrogens is 360 g/mol. The zero-order valence-electron chi connectivity index (χ0n) is 16.5. The molecule has 0 aliphatic carbocycles. The molecule has 1 aliphatic rings. The lowest BCUT2D eigenvalue weighted by Gasteiger charge is -2.34. The zero-order valence-corrected chi connectivity index (χ0v) is 16.5. The van der Waals surface area contributed by atoms with Crippen molar-refractivity contribution in [1.82, 2.24) is 19.9 Å². The normalized spacial score (nSPS) is 17.6. The van der Waals surface area contributed by atoms with Crippen LogP contribution in [-0.4, -0.2) is 39.6 Å². The third-order valence-electron chi connectivity index (χ3n) is 5.55. The molecule has 5 rings (SSSR count). The maximum Gasteiger partial charge on any atom is 0.126 e. The lowest BCUT2D eigenvalue weighted by Crippen LogP contribution is -2.39. The van der Waals surface area contributed by atoms with Gasteiger partial charge in [0.2, 0.25) is 0 Å². The number of aryl methyl sites for hydroxylation is 1. The van der Waals surface area contributed by atoms with Crippen molar-refractivity contribution < 1.29 is 4.74 Å². The number of hydrogen-bond donors (Lipinski definition) is 1. The summed E-state index contributed by atoms with van der Waals surface area (Å²) in [6.07, 6.45) is 3.90. The minimum atomic E-state index is 0.106. The largest absolute Gasteiger partial charge is 0.378 e. The summed E-state index contributed by atoms with van der Waals surface area (Å²) in [5, 5.41) is 1.18. The van der Waals surface area contributed by atoms with E-state index in [1.165, 1.54) is 16.5 Å². The number of para-hydroxylation sites is 1. The molecule has 0 bridgehead atoms. The number of imidazole rings is 1. The highest BCUT2D eigenvalue weighted by Crippen LogP contribution is 2.27. The molecule has 1 fully saturated rings. The highest BCUT2D eigenvalue weighted by Gasteiger charge is 2.27. The van der Waals surface area contributed by atoms with Gasteiger partial charge in [0, 0.05) is 24.7 Å². The number of hydrogen-bond acceptors (Lipinski definition) is 4. The number of aromatic nitrogens is 3. The number of H-pyrrole nitrogens is 1. The quantitative estimate of drug-likeness (QED) is 0.563. The first-order valence-corrected chi connectivity index (χ1v) is 10.0. The van der Waals surface area contributed by atoms with Crippen molar-refractivity contribution in [2.45, 2.75) is 19.5 Å². The van der Waals surface area contributed by atoms with Crippen LogP contribution < -0.4 is 0 Å². The smallest absolute Gasteiger partial charge is 0.126 e. The van der Waals surface area contributed by atoms with Crippen molar-refractivity contribution in [1.29, 1.82) is 0 Å². The van der Waals surface area contributed by atoms with Crippen LogP contribution >= 0.6 is 0 Å². The molecule has 146 valence electrons. The molecule has 5 heteroatoms. The molecule has 0 saturated carbocycles. The van der Waals surface area contributed by atoms with Gasteiger partial charge in [-0.2, -0.15) is 0 Å². The Morgan fingerprint density at radius 3 is 2.83 bits per heavy atom. The van der Waals surface area contributed by atoms with E-state index in [4.69, 9.17) is 4.74 Å². The third-order valence-corrected chi connectivity index (χ3v) is 5.55. The second kappa shape index (κ2) is 7.78. The second-order valence-electron chi connectivity index (χ2n) is 7.65. The van der Waals surface area contributed by atoms with Crippen LogP contribution in [0.5, 0.6) is 0 Å². The molecule has 4 aromatic rings. The van der Waals surface area contributed by atoms with Crippen LogP contribution in [0.2, 0.25) is 0 Å². The third kappa shape index (κ3) is 3.79. The Morgan fingerprint density at radius 2 is 1.93 bits per heavy atom. The van der Waals surface area contributed by atoms with Gasteiger partial charge in [-0.25, -0.2) is 4.98 Å². The monoisotopic (exact) mass is 384 g/mol. The van der Waals surface area contributed by atoms with Gasteiger partial charge in [-0.15, -0.1) is 0 Å². The topological polar surface area (TPSA) is 54.0 Å². The molecule has 1 saturated heterocycles. The predicted molar refractivity (Wildman–Crippen MR) is 114 cm³/mol. The number of morpholine rings is 1. The fourth-order valence-corrected chi connectivity index (χ4v) is 3.90. The van der Waals surface area contributed by atoms with E-state index in [2.05, 4.69) is 69.2 Å². The molecule has 3 heterocycles. The Morgan fingerprint density at radius 1 is 1.07 bits per heavy atom. The summed E-state index contributed by atoms with van der Waals surface area (Å²) in [4.78, 5) is 15.2. The first-order chi connectivity index (χ1) is 14.3. The summed E-state index contributed by atoms with van der Waals surface area (Å²) < 4.78 is 5.79. The predicted octanol–water partition coefficient (Wildman–Crippen LogP) is 4.51. The van der Waals surface area contributed by atoms with E-state index in [-0.39, 0.29) is 6.04 Å². The first-order valence-electron chi connectivity index (χ1n) is 10.0. The van der Waals surface area contributed by atoms with Crippen LogP contribution in [-0.2, 0) is 11.3 Å². The van der Waals surface area contributed by atoms with Crippen LogP contribution in [0.3, 0.4) is 0 Å². The van der Waals surface area contributed by atoms with Gasteiger partial charge in [-0.05, 0) is 30.2 Å². The van der Waals surface area contributed by atoms with E-state index in [0.717, 1.165) is 42.3 Å². The molecule has 0 radical (unpaired) electrons. The number of pyridine rings is 1. The van der Waals surface area contributed by atoms with Crippen molar-refractivity contribution in [2.75, 3.05) is 19.8 Å². The number of fused-ring (bicyclic) bond motifs is 1. The molecular formula is C24H24N4O. The Labute approximate surface area is 170 Å². The van der Waals surface area contributed by atoms with E-state index < -0.39 is 0 Å². The van der Waals surface area contributed by atoms with E-state index in [0.29, 0.717) is 6.61 Å². The first kappa shape index (κ1) is 18.0. The molecule has 0 amide bonds. The summed E-state index contributed by atoms with van der Waals surface area (Å²) in [6, 6.07) is 19.1. The van der Waals surface area contributed by atoms with Crippen molar-refractivity contribution in [3.63, 3.8) is 0 Å². The highest BCUT2D eigenvalue weighted by atomic mass is 16.5. The molecule has 2 aromatic carbocycles. The van der Waals surface area contributed by atoms with Crippen LogP contribution in [0, 0.1) is 6.92 Å². The summed E-state index contributed by atoms with van der Waals surface area (Å²) in [6.45, 7) is 5.18. The number of rotatable bonds is 4. The minimum absolute atomic E-state index is 0.106. The van der Waals surface area contributed by atoms with Crippen molar-refractivity contribution in [2.24, 2.45) is 0 Å². The molecule has 29 heavy (non-hydrogen) atoms. The Hall–Kier alpha value is -3.02. The van der Waals surface area contributed by atoms with Crippen LogP contribution in [0.15, 0.2) is 67.0 Å².